The number of amides is 1. The highest BCUT2D eigenvalue weighted by Gasteiger charge is 2.30. The Morgan fingerprint density at radius 2 is 1.43 bits per heavy atom. The molecular weight excluding hydrogens is 486 g/mol. The van der Waals surface area contributed by atoms with Gasteiger partial charge in [0, 0.05) is 26.5 Å². The van der Waals surface area contributed by atoms with Gasteiger partial charge in [-0.15, -0.1) is 0 Å². The summed E-state index contributed by atoms with van der Waals surface area (Å²) in [4.78, 5) is 50.2. The number of hydrogen-bond donors (Lipinski definition) is 2. The lowest BCUT2D eigenvalue weighted by Gasteiger charge is -2.10. The van der Waals surface area contributed by atoms with Crippen LogP contribution in [0.4, 0.5) is 10.5 Å². The lowest BCUT2D eigenvalue weighted by molar-refractivity contribution is 0.0500. The molecule has 2 aromatic heterocycles. The minimum absolute atomic E-state index is 0.0200. The highest BCUT2D eigenvalue weighted by molar-refractivity contribution is 6.03. The van der Waals surface area contributed by atoms with Crippen LogP contribution < -0.4 is 10.1 Å². The summed E-state index contributed by atoms with van der Waals surface area (Å²) in [5.74, 6) is -3.74. The molecule has 1 amide bonds. The number of benzene rings is 1. The zero-order valence-electron chi connectivity index (χ0n) is 20.8. The van der Waals surface area contributed by atoms with Gasteiger partial charge in [-0.25, -0.2) is 19.2 Å². The van der Waals surface area contributed by atoms with Crippen LogP contribution >= 0.6 is 0 Å². The first kappa shape index (κ1) is 26.9. The SMILES string of the molecule is CCOC(=O)c1c(O)c(C(=O)Oc2c(NC(=O)OCc3ccccc3)cn(C)c2C(=O)OCC)cn1C. The molecular formula is C25H27N3O9. The van der Waals surface area contributed by atoms with Crippen molar-refractivity contribution in [2.75, 3.05) is 18.5 Å². The van der Waals surface area contributed by atoms with E-state index in [1.807, 2.05) is 6.07 Å². The molecule has 0 aliphatic carbocycles. The maximum atomic E-state index is 13.0. The van der Waals surface area contributed by atoms with Gasteiger partial charge in [0.15, 0.2) is 22.9 Å². The van der Waals surface area contributed by atoms with Gasteiger partial charge in [0.25, 0.3) is 0 Å². The number of aromatic nitrogens is 2. The van der Waals surface area contributed by atoms with Gasteiger partial charge in [-0.2, -0.15) is 0 Å². The third-order valence-corrected chi connectivity index (χ3v) is 5.09. The Morgan fingerprint density at radius 1 is 0.838 bits per heavy atom. The Hall–Kier alpha value is -4.74. The van der Waals surface area contributed by atoms with Crippen molar-refractivity contribution in [3.63, 3.8) is 0 Å². The van der Waals surface area contributed by atoms with Gasteiger partial charge in [0.2, 0.25) is 0 Å². The lowest BCUT2D eigenvalue weighted by Crippen LogP contribution is -2.17. The highest BCUT2D eigenvalue weighted by atomic mass is 16.6. The molecule has 3 aromatic rings. The molecule has 0 aliphatic rings. The number of nitrogens with zero attached hydrogens (tertiary/aromatic N) is 2. The molecule has 2 N–H and O–H groups in total. The molecule has 0 unspecified atom stereocenters. The Balaban J connectivity index is 1.90. The van der Waals surface area contributed by atoms with Crippen LogP contribution in [-0.4, -0.2) is 51.5 Å². The molecule has 0 fully saturated rings. The van der Waals surface area contributed by atoms with E-state index in [9.17, 15) is 24.3 Å². The molecule has 12 heteroatoms. The van der Waals surface area contributed by atoms with Crippen LogP contribution in [0.2, 0.25) is 0 Å². The molecule has 1 aromatic carbocycles. The van der Waals surface area contributed by atoms with Gasteiger partial charge in [-0.05, 0) is 19.4 Å². The monoisotopic (exact) mass is 513 g/mol. The van der Waals surface area contributed by atoms with Crippen LogP contribution in [0.1, 0.15) is 50.7 Å². The molecule has 12 nitrogen and oxygen atoms in total. The van der Waals surface area contributed by atoms with Crippen LogP contribution in [0.3, 0.4) is 0 Å². The van der Waals surface area contributed by atoms with E-state index in [4.69, 9.17) is 18.9 Å². The standard InChI is InChI=1S/C25H27N3O9/c1-5-34-23(31)18-20(29)16(12-27(18)3)22(30)37-21-17(13-28(4)19(21)24(32)35-6-2)26-25(33)36-14-15-10-8-7-9-11-15/h7-13,29H,5-6,14H2,1-4H3,(H,26,33). The van der Waals surface area contributed by atoms with Crippen molar-refractivity contribution in [3.8, 4) is 11.5 Å². The average molecular weight is 514 g/mol. The van der Waals surface area contributed by atoms with Crippen LogP contribution in [0.25, 0.3) is 0 Å². The number of anilines is 1. The van der Waals surface area contributed by atoms with E-state index >= 15 is 0 Å². The van der Waals surface area contributed by atoms with Crippen molar-refractivity contribution in [2.45, 2.75) is 20.5 Å². The first-order chi connectivity index (χ1) is 17.7. The summed E-state index contributed by atoms with van der Waals surface area (Å²) in [6.45, 7) is 3.28. The molecule has 0 saturated carbocycles. The minimum atomic E-state index is -1.10. The number of esters is 3. The third kappa shape index (κ3) is 6.10. The fourth-order valence-electron chi connectivity index (χ4n) is 3.45. The lowest BCUT2D eigenvalue weighted by atomic mass is 10.2. The van der Waals surface area contributed by atoms with E-state index in [0.717, 1.165) is 5.56 Å². The molecule has 37 heavy (non-hydrogen) atoms. The summed E-state index contributed by atoms with van der Waals surface area (Å²) in [5, 5.41) is 13.0. The van der Waals surface area contributed by atoms with Crippen molar-refractivity contribution in [1.29, 1.82) is 0 Å². The summed E-state index contributed by atoms with van der Waals surface area (Å²) in [5.41, 5.74) is -0.0914. The zero-order chi connectivity index (χ0) is 27.1. The van der Waals surface area contributed by atoms with E-state index in [1.165, 1.54) is 35.6 Å². The second-order valence-electron chi connectivity index (χ2n) is 7.70. The third-order valence-electron chi connectivity index (χ3n) is 5.09. The quantitative estimate of drug-likeness (QED) is 0.324. The second kappa shape index (κ2) is 11.8. The molecule has 0 aliphatic heterocycles. The zero-order valence-corrected chi connectivity index (χ0v) is 20.8. The van der Waals surface area contributed by atoms with Gasteiger partial charge in [-0.1, -0.05) is 30.3 Å². The van der Waals surface area contributed by atoms with E-state index in [2.05, 4.69) is 5.32 Å². The number of aryl methyl sites for hydroxylation is 2. The van der Waals surface area contributed by atoms with Crippen molar-refractivity contribution >= 4 is 29.7 Å². The van der Waals surface area contributed by atoms with E-state index in [1.54, 1.807) is 38.1 Å². The maximum absolute atomic E-state index is 13.0. The van der Waals surface area contributed by atoms with Crippen molar-refractivity contribution < 1.29 is 43.2 Å². The largest absolute Gasteiger partial charge is 0.505 e. The number of rotatable bonds is 9. The molecule has 2 heterocycles. The number of hydrogen-bond acceptors (Lipinski definition) is 9. The van der Waals surface area contributed by atoms with Crippen molar-refractivity contribution in [1.82, 2.24) is 9.13 Å². The van der Waals surface area contributed by atoms with Crippen LogP contribution in [0, 0.1) is 0 Å². The Kier molecular flexibility index (Phi) is 8.56. The number of aromatic hydroxyl groups is 1. The summed E-state index contributed by atoms with van der Waals surface area (Å²) >= 11 is 0. The van der Waals surface area contributed by atoms with Gasteiger partial charge in [0.1, 0.15) is 17.9 Å². The summed E-state index contributed by atoms with van der Waals surface area (Å²) in [7, 11) is 2.92. The fraction of sp³-hybridized carbons (Fsp3) is 0.280. The number of carbonyl (C=O) groups is 4. The first-order valence-electron chi connectivity index (χ1n) is 11.3. The van der Waals surface area contributed by atoms with Crippen LogP contribution in [-0.2, 0) is 34.9 Å². The predicted molar refractivity (Wildman–Crippen MR) is 130 cm³/mol. The molecule has 196 valence electrons. The number of carbonyl (C=O) groups excluding carboxylic acids is 4. The average Bonchev–Trinajstić information content (AvgIpc) is 3.33. The van der Waals surface area contributed by atoms with Gasteiger partial charge >= 0.3 is 24.0 Å². The maximum Gasteiger partial charge on any atom is 0.412 e. The highest BCUT2D eigenvalue weighted by Crippen LogP contribution is 2.34. The van der Waals surface area contributed by atoms with Gasteiger partial charge in [0.05, 0.1) is 13.2 Å². The van der Waals surface area contributed by atoms with E-state index in [0.29, 0.717) is 0 Å². The van der Waals surface area contributed by atoms with Crippen LogP contribution in [0.5, 0.6) is 11.5 Å². The molecule has 0 radical (unpaired) electrons. The predicted octanol–water partition coefficient (Wildman–Crippen LogP) is 3.39. The molecule has 0 saturated heterocycles. The summed E-state index contributed by atoms with van der Waals surface area (Å²) in [6, 6.07) is 8.97. The first-order valence-corrected chi connectivity index (χ1v) is 11.3. The van der Waals surface area contributed by atoms with Crippen LogP contribution in [0.15, 0.2) is 42.7 Å². The van der Waals surface area contributed by atoms with Crippen molar-refractivity contribution in [2.24, 2.45) is 14.1 Å². The number of ether oxygens (including phenoxy) is 4. The molecule has 0 atom stereocenters. The topological polar surface area (TPSA) is 147 Å². The van der Waals surface area contributed by atoms with E-state index < -0.39 is 29.8 Å². The summed E-state index contributed by atoms with van der Waals surface area (Å²) in [6.07, 6.45) is 1.65. The normalized spacial score (nSPS) is 10.5. The molecule has 0 bridgehead atoms. The molecule has 3 rings (SSSR count). The van der Waals surface area contributed by atoms with Crippen molar-refractivity contribution in [3.05, 3.63) is 65.2 Å². The van der Waals surface area contributed by atoms with Gasteiger partial charge in [-0.3, -0.25) is 5.32 Å². The Morgan fingerprint density at radius 3 is 2.05 bits per heavy atom. The Bertz CT molecular complexity index is 1310. The Labute approximate surface area is 212 Å². The fourth-order valence-corrected chi connectivity index (χ4v) is 3.45. The smallest absolute Gasteiger partial charge is 0.412 e. The van der Waals surface area contributed by atoms with Gasteiger partial charge < -0.3 is 33.2 Å². The summed E-state index contributed by atoms with van der Waals surface area (Å²) < 4.78 is 23.1. The minimum Gasteiger partial charge on any atom is -0.505 e. The van der Waals surface area contributed by atoms with E-state index in [-0.39, 0.29) is 48.2 Å². The molecule has 0 spiro atoms. The number of nitrogens with one attached hydrogen (secondary N) is 1. The second-order valence-corrected chi connectivity index (χ2v) is 7.70.